The van der Waals surface area contributed by atoms with E-state index in [9.17, 15) is 22.4 Å². The first kappa shape index (κ1) is 18.3. The van der Waals surface area contributed by atoms with Gasteiger partial charge in [-0.15, -0.1) is 5.10 Å². The van der Waals surface area contributed by atoms with Crippen molar-refractivity contribution in [3.8, 4) is 11.4 Å². The molecule has 3 aromatic rings. The molecular weight excluding hydrogens is 370 g/mol. The molecule has 140 valence electrons. The summed E-state index contributed by atoms with van der Waals surface area (Å²) >= 11 is 0. The zero-order chi connectivity index (χ0) is 19.4. The number of ether oxygens (including phenoxy) is 1. The van der Waals surface area contributed by atoms with Gasteiger partial charge in [0.05, 0.1) is 16.9 Å². The first-order chi connectivity index (χ1) is 12.8. The highest BCUT2D eigenvalue weighted by Gasteiger charge is 2.30. The van der Waals surface area contributed by atoms with Crippen LogP contribution in [0.2, 0.25) is 0 Å². The molecular formula is C16H11F4N5O2. The predicted molar refractivity (Wildman–Crippen MR) is 84.7 cm³/mol. The van der Waals surface area contributed by atoms with Crippen LogP contribution in [0.3, 0.4) is 0 Å². The van der Waals surface area contributed by atoms with Gasteiger partial charge in [0.2, 0.25) is 0 Å². The van der Waals surface area contributed by atoms with Gasteiger partial charge in [0.15, 0.2) is 6.61 Å². The minimum Gasteiger partial charge on any atom is -0.484 e. The molecule has 7 nitrogen and oxygen atoms in total. The SMILES string of the molecule is O=C(COc1ccc(C(F)(F)F)cc1)Nc1cc(-n2cnnn2)ccc1F. The van der Waals surface area contributed by atoms with E-state index < -0.39 is 30.1 Å². The molecule has 0 aliphatic carbocycles. The molecule has 1 amide bonds. The molecule has 0 aliphatic rings. The summed E-state index contributed by atoms with van der Waals surface area (Å²) in [6, 6.07) is 7.72. The van der Waals surface area contributed by atoms with E-state index in [1.165, 1.54) is 23.1 Å². The number of nitrogens with one attached hydrogen (secondary N) is 1. The smallest absolute Gasteiger partial charge is 0.416 e. The average Bonchev–Trinajstić information content (AvgIpc) is 3.16. The maximum absolute atomic E-state index is 13.9. The summed E-state index contributed by atoms with van der Waals surface area (Å²) in [6.07, 6.45) is -3.16. The Morgan fingerprint density at radius 1 is 1.15 bits per heavy atom. The van der Waals surface area contributed by atoms with Gasteiger partial charge in [-0.05, 0) is 52.9 Å². The number of hydrogen-bond acceptors (Lipinski definition) is 5. The van der Waals surface area contributed by atoms with Gasteiger partial charge in [0.25, 0.3) is 5.91 Å². The summed E-state index contributed by atoms with van der Waals surface area (Å²) in [4.78, 5) is 11.9. The van der Waals surface area contributed by atoms with Gasteiger partial charge in [0.1, 0.15) is 17.9 Å². The molecule has 27 heavy (non-hydrogen) atoms. The highest BCUT2D eigenvalue weighted by molar-refractivity contribution is 5.92. The van der Waals surface area contributed by atoms with Crippen LogP contribution in [0.25, 0.3) is 5.69 Å². The lowest BCUT2D eigenvalue weighted by Gasteiger charge is -2.10. The molecule has 0 saturated heterocycles. The Kier molecular flexibility index (Phi) is 5.01. The van der Waals surface area contributed by atoms with Crippen LogP contribution in [0.1, 0.15) is 5.56 Å². The quantitative estimate of drug-likeness (QED) is 0.688. The monoisotopic (exact) mass is 381 g/mol. The predicted octanol–water partition coefficient (Wildman–Crippen LogP) is 2.84. The zero-order valence-electron chi connectivity index (χ0n) is 13.4. The molecule has 0 spiro atoms. The van der Waals surface area contributed by atoms with Crippen LogP contribution in [-0.4, -0.2) is 32.7 Å². The van der Waals surface area contributed by atoms with Crippen LogP contribution < -0.4 is 10.1 Å². The molecule has 0 fully saturated rings. The lowest BCUT2D eigenvalue weighted by atomic mass is 10.2. The van der Waals surface area contributed by atoms with Crippen LogP contribution in [-0.2, 0) is 11.0 Å². The minimum absolute atomic E-state index is 0.0704. The number of carbonyl (C=O) groups is 1. The summed E-state index contributed by atoms with van der Waals surface area (Å²) in [5.41, 5.74) is -0.537. The van der Waals surface area contributed by atoms with Crippen molar-refractivity contribution in [2.24, 2.45) is 0 Å². The fourth-order valence-electron chi connectivity index (χ4n) is 2.11. The first-order valence-corrected chi connectivity index (χ1v) is 7.46. The molecule has 1 N–H and O–H groups in total. The standard InChI is InChI=1S/C16H11F4N5O2/c17-13-6-3-11(25-9-21-23-24-25)7-14(13)22-15(26)8-27-12-4-1-10(2-5-12)16(18,19)20/h1-7,9H,8H2,(H,22,26). The number of anilines is 1. The Hall–Kier alpha value is -3.50. The van der Waals surface area contributed by atoms with Gasteiger partial charge >= 0.3 is 6.18 Å². The van der Waals surface area contributed by atoms with Crippen molar-refractivity contribution in [2.45, 2.75) is 6.18 Å². The third kappa shape index (κ3) is 4.57. The van der Waals surface area contributed by atoms with Gasteiger partial charge < -0.3 is 10.1 Å². The van der Waals surface area contributed by atoms with Crippen molar-refractivity contribution in [2.75, 3.05) is 11.9 Å². The summed E-state index contributed by atoms with van der Waals surface area (Å²) in [7, 11) is 0. The molecule has 2 aromatic carbocycles. The Bertz CT molecular complexity index is 927. The maximum atomic E-state index is 13.9. The van der Waals surface area contributed by atoms with Crippen molar-refractivity contribution in [3.63, 3.8) is 0 Å². The van der Waals surface area contributed by atoms with E-state index in [4.69, 9.17) is 4.74 Å². The van der Waals surface area contributed by atoms with Crippen LogP contribution in [0.5, 0.6) is 5.75 Å². The number of nitrogens with zero attached hydrogens (tertiary/aromatic N) is 4. The normalized spacial score (nSPS) is 11.3. The van der Waals surface area contributed by atoms with Gasteiger partial charge in [-0.3, -0.25) is 4.79 Å². The molecule has 1 aromatic heterocycles. The van der Waals surface area contributed by atoms with Gasteiger partial charge in [-0.25, -0.2) is 9.07 Å². The van der Waals surface area contributed by atoms with Gasteiger partial charge in [-0.1, -0.05) is 0 Å². The van der Waals surface area contributed by atoms with Crippen LogP contribution >= 0.6 is 0 Å². The third-order valence-electron chi connectivity index (χ3n) is 3.39. The van der Waals surface area contributed by atoms with Gasteiger partial charge in [-0.2, -0.15) is 13.2 Å². The van der Waals surface area contributed by atoms with Crippen LogP contribution in [0.4, 0.5) is 23.2 Å². The fraction of sp³-hybridized carbons (Fsp3) is 0.125. The number of hydrogen-bond donors (Lipinski definition) is 1. The second kappa shape index (κ2) is 7.40. The molecule has 0 atom stereocenters. The highest BCUT2D eigenvalue weighted by atomic mass is 19.4. The Morgan fingerprint density at radius 2 is 1.89 bits per heavy atom. The fourth-order valence-corrected chi connectivity index (χ4v) is 2.11. The lowest BCUT2D eigenvalue weighted by Crippen LogP contribution is -2.21. The Labute approximate surface area is 149 Å². The van der Waals surface area contributed by atoms with E-state index in [1.807, 2.05) is 0 Å². The number of tetrazole rings is 1. The van der Waals surface area contributed by atoms with Crippen LogP contribution in [0, 0.1) is 5.82 Å². The molecule has 0 bridgehead atoms. The average molecular weight is 381 g/mol. The molecule has 0 unspecified atom stereocenters. The first-order valence-electron chi connectivity index (χ1n) is 7.46. The number of rotatable bonds is 5. The van der Waals surface area contributed by atoms with E-state index in [2.05, 4.69) is 20.8 Å². The summed E-state index contributed by atoms with van der Waals surface area (Å²) in [5.74, 6) is -1.31. The lowest BCUT2D eigenvalue weighted by molar-refractivity contribution is -0.137. The van der Waals surface area contributed by atoms with E-state index >= 15 is 0 Å². The molecule has 1 heterocycles. The van der Waals surface area contributed by atoms with Crippen molar-refractivity contribution in [1.29, 1.82) is 0 Å². The largest absolute Gasteiger partial charge is 0.484 e. The second-order valence-corrected chi connectivity index (χ2v) is 5.28. The molecule has 0 aliphatic heterocycles. The van der Waals surface area contributed by atoms with E-state index in [-0.39, 0.29) is 11.4 Å². The summed E-state index contributed by atoms with van der Waals surface area (Å²) < 4.78 is 57.7. The van der Waals surface area contributed by atoms with E-state index in [0.717, 1.165) is 30.3 Å². The van der Waals surface area contributed by atoms with E-state index in [0.29, 0.717) is 5.69 Å². The van der Waals surface area contributed by atoms with E-state index in [1.54, 1.807) is 0 Å². The number of halogens is 4. The molecule has 0 saturated carbocycles. The third-order valence-corrected chi connectivity index (χ3v) is 3.39. The second-order valence-electron chi connectivity index (χ2n) is 5.28. The Balaban J connectivity index is 1.62. The number of carbonyl (C=O) groups excluding carboxylic acids is 1. The molecule has 0 radical (unpaired) electrons. The van der Waals surface area contributed by atoms with Crippen LogP contribution in [0.15, 0.2) is 48.8 Å². The van der Waals surface area contributed by atoms with Crippen molar-refractivity contribution < 1.29 is 27.1 Å². The topological polar surface area (TPSA) is 81.9 Å². The summed E-state index contributed by atoms with van der Waals surface area (Å²) in [6.45, 7) is -0.514. The van der Waals surface area contributed by atoms with Crippen molar-refractivity contribution in [3.05, 3.63) is 60.2 Å². The minimum atomic E-state index is -4.46. The Morgan fingerprint density at radius 3 is 2.52 bits per heavy atom. The van der Waals surface area contributed by atoms with Crippen molar-refractivity contribution in [1.82, 2.24) is 20.2 Å². The number of aromatic nitrogens is 4. The molecule has 11 heteroatoms. The number of alkyl halides is 3. The maximum Gasteiger partial charge on any atom is 0.416 e. The number of amides is 1. The summed E-state index contributed by atoms with van der Waals surface area (Å²) in [5, 5.41) is 12.9. The number of benzene rings is 2. The zero-order valence-corrected chi connectivity index (χ0v) is 13.4. The van der Waals surface area contributed by atoms with Gasteiger partial charge in [0, 0.05) is 0 Å². The van der Waals surface area contributed by atoms with Crippen molar-refractivity contribution >= 4 is 11.6 Å². The molecule has 3 rings (SSSR count). The highest BCUT2D eigenvalue weighted by Crippen LogP contribution is 2.30.